The number of nitrogens with two attached hydrogens (primary N) is 1. The van der Waals surface area contributed by atoms with E-state index in [1.165, 1.54) is 34.1 Å². The monoisotopic (exact) mass is 1470 g/mol. The number of anilines is 2. The minimum Gasteiger partial charge on any atom is -0.444 e. The van der Waals surface area contributed by atoms with Gasteiger partial charge in [-0.15, -0.1) is 0 Å². The number of ether oxygens (including phenoxy) is 1. The largest absolute Gasteiger partial charge is 0.444 e. The summed E-state index contributed by atoms with van der Waals surface area (Å²) in [5.41, 5.74) is 7.18. The van der Waals surface area contributed by atoms with E-state index in [-0.39, 0.29) is 141 Å². The fraction of sp³-hybridized carbons (Fsp3) is 0.560. The maximum atomic E-state index is 15.1. The zero-order valence-corrected chi connectivity index (χ0v) is 61.4. The Bertz CT molecular complexity index is 3920. The molecule has 2 saturated heterocycles. The number of carbonyl (C=O) groups is 9. The van der Waals surface area contributed by atoms with Crippen LogP contribution in [0.3, 0.4) is 0 Å². The normalized spacial score (nSPS) is 25.4. The van der Waals surface area contributed by atoms with Crippen molar-refractivity contribution in [2.75, 3.05) is 23.7 Å². The first-order valence-corrected chi connectivity index (χ1v) is 36.6. The van der Waals surface area contributed by atoms with Crippen molar-refractivity contribution in [2.45, 2.75) is 242 Å². The van der Waals surface area contributed by atoms with Crippen LogP contribution in [0.5, 0.6) is 0 Å². The first kappa shape index (κ1) is 75.1. The lowest BCUT2D eigenvalue weighted by atomic mass is 9.38. The molecule has 4 aliphatic heterocycles. The molecule has 4 aromatic carbocycles. The lowest BCUT2D eigenvalue weighted by molar-refractivity contribution is -0.164. The second-order valence-corrected chi connectivity index (χ2v) is 33.5. The Kier molecular flexibility index (Phi) is 21.7. The fourth-order valence-electron chi connectivity index (χ4n) is 17.2. The molecule has 14 rings (SSSR count). The maximum absolute atomic E-state index is 15.1. The molecule has 8 fully saturated rings. The van der Waals surface area contributed by atoms with Crippen LogP contribution in [0.4, 0.5) is 25.0 Å². The average Bonchev–Trinajstić information content (AvgIpc) is 0.704. The second-order valence-electron chi connectivity index (χ2n) is 31.9. The minimum absolute atomic E-state index is 0.0119. The zero-order valence-electron chi connectivity index (χ0n) is 58.4. The molecule has 6 aliphatic carbocycles. The van der Waals surface area contributed by atoms with E-state index in [9.17, 15) is 47.5 Å². The van der Waals surface area contributed by atoms with Gasteiger partial charge in [-0.25, -0.2) is 13.6 Å². The molecule has 544 valence electrons. The molecule has 0 spiro atoms. The summed E-state index contributed by atoms with van der Waals surface area (Å²) in [6.45, 7) is 15.2. The summed E-state index contributed by atoms with van der Waals surface area (Å²) >= 11 is 23.9. The molecule has 4 atom stereocenters. The van der Waals surface area contributed by atoms with Crippen molar-refractivity contribution in [3.8, 4) is 0 Å². The van der Waals surface area contributed by atoms with E-state index in [0.717, 1.165) is 80.0 Å². The molecule has 0 aromatic heterocycles. The highest BCUT2D eigenvalue weighted by atomic mass is 35.5. The van der Waals surface area contributed by atoms with E-state index in [4.69, 9.17) is 56.9 Å². The van der Waals surface area contributed by atoms with E-state index in [1.54, 1.807) is 20.8 Å². The molecule has 0 radical (unpaired) electrons. The van der Waals surface area contributed by atoms with Crippen molar-refractivity contribution >= 4 is 111 Å². The predicted molar refractivity (Wildman–Crippen MR) is 382 cm³/mol. The summed E-state index contributed by atoms with van der Waals surface area (Å²) in [6.07, 6.45) is 10.2. The van der Waals surface area contributed by atoms with Crippen LogP contribution in [-0.4, -0.2) is 138 Å². The van der Waals surface area contributed by atoms with Gasteiger partial charge >= 0.3 is 6.09 Å². The third kappa shape index (κ3) is 16.6. The van der Waals surface area contributed by atoms with Gasteiger partial charge in [0.15, 0.2) is 11.6 Å². The molecule has 10 aliphatic rings. The Balaban J connectivity index is 0.000000205. The number of amides is 9. The van der Waals surface area contributed by atoms with E-state index in [2.05, 4.69) is 40.4 Å². The third-order valence-corrected chi connectivity index (χ3v) is 23.5. The number of benzene rings is 4. The van der Waals surface area contributed by atoms with Gasteiger partial charge in [-0.05, 0) is 196 Å². The van der Waals surface area contributed by atoms with Gasteiger partial charge in [-0.3, -0.25) is 38.4 Å². The van der Waals surface area contributed by atoms with Crippen LogP contribution in [0.25, 0.3) is 0 Å². The number of carbonyl (C=O) groups excluding carboxylic acids is 9. The highest BCUT2D eigenvalue weighted by Gasteiger charge is 2.69. The average molecular weight is 1470 g/mol. The number of nitrogens with zero attached hydrogens (tertiary/aromatic N) is 4. The Morgan fingerprint density at radius 1 is 0.545 bits per heavy atom. The van der Waals surface area contributed by atoms with Crippen molar-refractivity contribution < 1.29 is 56.7 Å². The molecule has 4 bridgehead atoms. The van der Waals surface area contributed by atoms with E-state index in [0.29, 0.717) is 38.8 Å². The number of hydrogen-bond donors (Lipinski definition) is 6. The van der Waals surface area contributed by atoms with Crippen LogP contribution in [0.1, 0.15) is 186 Å². The molecule has 2 unspecified atom stereocenters. The lowest BCUT2D eigenvalue weighted by Gasteiger charge is -2.71. The van der Waals surface area contributed by atoms with Crippen molar-refractivity contribution in [3.05, 3.63) is 127 Å². The zero-order chi connectivity index (χ0) is 72.9. The Labute approximate surface area is 608 Å². The van der Waals surface area contributed by atoms with Crippen LogP contribution in [0, 0.1) is 22.5 Å². The highest BCUT2D eigenvalue weighted by molar-refractivity contribution is 6.43. The Hall–Kier alpha value is -7.11. The summed E-state index contributed by atoms with van der Waals surface area (Å²) < 4.78 is 35.4. The smallest absolute Gasteiger partial charge is 0.408 e. The Morgan fingerprint density at radius 2 is 0.921 bits per heavy atom. The number of likely N-dealkylation sites (tertiary alicyclic amines) is 2. The van der Waals surface area contributed by atoms with Crippen LogP contribution >= 0.6 is 46.4 Å². The lowest BCUT2D eigenvalue weighted by Crippen LogP contribution is -2.76. The molecule has 9 amide bonds. The molecule has 6 saturated carbocycles. The van der Waals surface area contributed by atoms with Gasteiger partial charge in [-0.1, -0.05) is 94.9 Å². The van der Waals surface area contributed by atoms with Crippen molar-refractivity contribution in [1.29, 1.82) is 0 Å². The first-order valence-electron chi connectivity index (χ1n) is 35.1. The van der Waals surface area contributed by atoms with Crippen LogP contribution in [0.2, 0.25) is 20.1 Å². The molecule has 7 N–H and O–H groups in total. The molecule has 26 heteroatoms. The minimum atomic E-state index is -1.12. The van der Waals surface area contributed by atoms with Crippen LogP contribution in [-0.2, 0) is 69.0 Å². The van der Waals surface area contributed by atoms with Gasteiger partial charge in [0, 0.05) is 86.9 Å². The van der Waals surface area contributed by atoms with Crippen LogP contribution < -0.4 is 32.3 Å². The van der Waals surface area contributed by atoms with Crippen molar-refractivity contribution in [3.63, 3.8) is 0 Å². The summed E-state index contributed by atoms with van der Waals surface area (Å²) in [6, 6.07) is 16.6. The standard InChI is InChI=1S/C40H50Cl2FN5O6.C35H42Cl2FN5O4/c1-37(2,3)54-36(53)46-40-21-39(22-40,23-40)19-28(34(51)44-27-13-12-26(41)32(42)33(27)43)45-35(52)29-18-24-10-6-7-11-25(24)20-47(29)30(49)14-15-31(50)48-17-9-8-16-38(48,4)5;1-33(2)13-5-6-14-43(33)28(45)12-11-27(44)42-17-22-8-4-3-7-21(22)15-26(42)32(47)41-25(16-34-18-35(39,19-34)20-34)31(46)40-24-10-9-23(36)29(37)30(24)38/h6-7,10-13,28-29H,8-9,14-23H2,1-5H3,(H,44,51)(H,45,52)(H,46,53);3-4,7-10,25-26H,5-6,11-20,39H2,1-2H3,(H,40,46)(H,41,47)/t28?,29-,39?,40?;25?,26-,34?,35?/m00/s1. The number of hydrogen-bond acceptors (Lipinski definition) is 11. The molecule has 20 nitrogen and oxygen atoms in total. The molecular weight excluding hydrogens is 1380 g/mol. The van der Waals surface area contributed by atoms with Gasteiger partial charge in [0.25, 0.3) is 0 Å². The van der Waals surface area contributed by atoms with Gasteiger partial charge in [0.05, 0.1) is 31.5 Å². The third-order valence-electron chi connectivity index (χ3n) is 22.0. The molecular formula is C75H92Cl4F2N10O10. The van der Waals surface area contributed by atoms with Gasteiger partial charge in [0.1, 0.15) is 29.8 Å². The van der Waals surface area contributed by atoms with Gasteiger partial charge < -0.3 is 56.7 Å². The number of piperidine rings is 2. The number of fused-ring (bicyclic) bond motifs is 2. The number of halogens is 6. The predicted octanol–water partition coefficient (Wildman–Crippen LogP) is 12.3. The second kappa shape index (κ2) is 29.2. The maximum Gasteiger partial charge on any atom is 0.408 e. The molecule has 4 aromatic rings. The first-order chi connectivity index (χ1) is 47.5. The SMILES string of the molecule is CC(C)(C)OC(=O)NC12CC(CC(NC(=O)[C@@H]3Cc4ccccc4CN3C(=O)CCC(=O)N3CCCCC3(C)C)C(=O)Nc3ccc(Cl)c(Cl)c3F)(C1)C2.CC1(C)CCCCN1C(=O)CCC(=O)N1Cc2ccccc2C[C@H]1C(=O)NC(CC12CC(N)(C1)C2)C(=O)Nc1ccc(Cl)c(Cl)c1F. The molecule has 101 heavy (non-hydrogen) atoms. The Morgan fingerprint density at radius 3 is 1.30 bits per heavy atom. The van der Waals surface area contributed by atoms with Gasteiger partial charge in [0.2, 0.25) is 47.3 Å². The number of alkyl carbamates (subject to hydrolysis) is 1. The number of rotatable bonds is 19. The summed E-state index contributed by atoms with van der Waals surface area (Å²) in [5.74, 6) is -4.85. The summed E-state index contributed by atoms with van der Waals surface area (Å²) in [7, 11) is 0. The van der Waals surface area contributed by atoms with E-state index in [1.807, 2.05) is 72.2 Å². The van der Waals surface area contributed by atoms with Gasteiger partial charge in [-0.2, -0.15) is 0 Å². The topological polar surface area (TPSA) is 262 Å². The van der Waals surface area contributed by atoms with Crippen molar-refractivity contribution in [2.24, 2.45) is 16.6 Å². The van der Waals surface area contributed by atoms with Crippen molar-refractivity contribution in [1.82, 2.24) is 35.6 Å². The highest BCUT2D eigenvalue weighted by Crippen LogP contribution is 2.70. The molecule has 4 heterocycles. The van der Waals surface area contributed by atoms with E-state index < -0.39 is 76.7 Å². The van der Waals surface area contributed by atoms with E-state index >= 15 is 4.39 Å². The quantitative estimate of drug-likeness (QED) is 0.0481. The van der Waals surface area contributed by atoms with Crippen LogP contribution in [0.15, 0.2) is 72.8 Å². The number of nitrogens with one attached hydrogen (secondary N) is 5. The summed E-state index contributed by atoms with van der Waals surface area (Å²) in [5, 5.41) is 13.3. The fourth-order valence-corrected chi connectivity index (χ4v) is 17.8. The summed E-state index contributed by atoms with van der Waals surface area (Å²) in [4.78, 5) is 130.